The van der Waals surface area contributed by atoms with Gasteiger partial charge in [0.2, 0.25) is 0 Å². The Bertz CT molecular complexity index is 793. The number of benzene rings is 1. The third-order valence-corrected chi connectivity index (χ3v) is 4.36. The van der Waals surface area contributed by atoms with Crippen molar-refractivity contribution in [1.29, 1.82) is 0 Å². The number of likely N-dealkylation sites (N-methyl/N-ethyl adjacent to an activating group) is 1. The van der Waals surface area contributed by atoms with Crippen LogP contribution in [0.2, 0.25) is 0 Å². The van der Waals surface area contributed by atoms with Crippen molar-refractivity contribution in [2.24, 2.45) is 0 Å². The summed E-state index contributed by atoms with van der Waals surface area (Å²) in [7, 11) is 1.92. The van der Waals surface area contributed by atoms with Crippen LogP contribution in [0.3, 0.4) is 0 Å². The van der Waals surface area contributed by atoms with E-state index in [1.54, 1.807) is 6.07 Å². The van der Waals surface area contributed by atoms with Gasteiger partial charge in [0, 0.05) is 23.9 Å². The fourth-order valence-electron chi connectivity index (χ4n) is 2.94. The van der Waals surface area contributed by atoms with Crippen LogP contribution in [0.4, 0.5) is 14.9 Å². The third kappa shape index (κ3) is 2.50. The van der Waals surface area contributed by atoms with E-state index >= 15 is 0 Å². The van der Waals surface area contributed by atoms with Gasteiger partial charge in [-0.05, 0) is 44.6 Å². The summed E-state index contributed by atoms with van der Waals surface area (Å²) in [5.41, 5.74) is 2.85. The lowest BCUT2D eigenvalue weighted by Gasteiger charge is -2.40. The maximum Gasteiger partial charge on any atom is 0.326 e. The largest absolute Gasteiger partial charge is 0.365 e. The van der Waals surface area contributed by atoms with E-state index in [2.05, 4.69) is 30.6 Å². The summed E-state index contributed by atoms with van der Waals surface area (Å²) in [6.07, 6.45) is 3.47. The first-order valence-corrected chi connectivity index (χ1v) is 7.30. The van der Waals surface area contributed by atoms with E-state index in [0.717, 1.165) is 16.8 Å². The standard InChI is InChI=1S/C17H18FN3O2/c1-9-8-17(2,3)21(4)14-7-12(18)10(5-11(9)14)6-13-15(22)20-16(23)19-13/h5-8H,1-4H3,(H2,19,20,22,23)/b13-6-. The summed E-state index contributed by atoms with van der Waals surface area (Å²) in [5, 5.41) is 4.46. The number of anilines is 1. The topological polar surface area (TPSA) is 61.4 Å². The van der Waals surface area contributed by atoms with E-state index < -0.39 is 17.8 Å². The van der Waals surface area contributed by atoms with Crippen LogP contribution in [0.5, 0.6) is 0 Å². The first-order chi connectivity index (χ1) is 10.7. The van der Waals surface area contributed by atoms with Crippen LogP contribution in [0.1, 0.15) is 31.9 Å². The Balaban J connectivity index is 2.10. The van der Waals surface area contributed by atoms with Gasteiger partial charge in [0.1, 0.15) is 11.5 Å². The summed E-state index contributed by atoms with van der Waals surface area (Å²) in [4.78, 5) is 24.7. The molecule has 1 saturated heterocycles. The quantitative estimate of drug-likeness (QED) is 0.619. The number of urea groups is 1. The van der Waals surface area contributed by atoms with Crippen molar-refractivity contribution >= 4 is 29.3 Å². The molecule has 3 rings (SSSR count). The number of rotatable bonds is 1. The number of nitrogens with zero attached hydrogens (tertiary/aromatic N) is 1. The average Bonchev–Trinajstić information content (AvgIpc) is 2.76. The monoisotopic (exact) mass is 315 g/mol. The second-order valence-electron chi connectivity index (χ2n) is 6.40. The number of nitrogens with one attached hydrogen (secondary N) is 2. The molecule has 1 aromatic carbocycles. The number of imide groups is 1. The third-order valence-electron chi connectivity index (χ3n) is 4.36. The van der Waals surface area contributed by atoms with Crippen molar-refractivity contribution in [3.8, 4) is 0 Å². The van der Waals surface area contributed by atoms with Crippen molar-refractivity contribution in [2.45, 2.75) is 26.3 Å². The molecule has 0 aromatic heterocycles. The number of hydrogen-bond acceptors (Lipinski definition) is 3. The fourth-order valence-corrected chi connectivity index (χ4v) is 2.94. The lowest BCUT2D eigenvalue weighted by molar-refractivity contribution is -0.115. The first kappa shape index (κ1) is 15.3. The Hall–Kier alpha value is -2.63. The van der Waals surface area contributed by atoms with Crippen molar-refractivity contribution in [1.82, 2.24) is 10.6 Å². The number of carbonyl (C=O) groups excluding carboxylic acids is 2. The van der Waals surface area contributed by atoms with Gasteiger partial charge in [0.15, 0.2) is 0 Å². The lowest BCUT2D eigenvalue weighted by Crippen LogP contribution is -2.42. The Morgan fingerprint density at radius 2 is 1.91 bits per heavy atom. The normalized spacial score (nSPS) is 21.0. The zero-order valence-corrected chi connectivity index (χ0v) is 13.5. The van der Waals surface area contributed by atoms with E-state index in [9.17, 15) is 14.0 Å². The van der Waals surface area contributed by atoms with Gasteiger partial charge < -0.3 is 10.2 Å². The molecule has 2 heterocycles. The predicted molar refractivity (Wildman–Crippen MR) is 87.2 cm³/mol. The zero-order chi connectivity index (χ0) is 16.9. The molecule has 0 atom stereocenters. The molecular weight excluding hydrogens is 297 g/mol. The van der Waals surface area contributed by atoms with Gasteiger partial charge in [-0.1, -0.05) is 6.08 Å². The summed E-state index contributed by atoms with van der Waals surface area (Å²) in [5.74, 6) is -1.000. The maximum atomic E-state index is 14.5. The van der Waals surface area contributed by atoms with Crippen LogP contribution in [-0.2, 0) is 4.79 Å². The van der Waals surface area contributed by atoms with Crippen molar-refractivity contribution in [3.05, 3.63) is 40.8 Å². The molecule has 0 spiro atoms. The van der Waals surface area contributed by atoms with Crippen LogP contribution in [0.25, 0.3) is 11.6 Å². The Morgan fingerprint density at radius 3 is 2.52 bits per heavy atom. The molecule has 2 aliphatic rings. The molecule has 2 N–H and O–H groups in total. The average molecular weight is 315 g/mol. The van der Waals surface area contributed by atoms with Crippen LogP contribution in [-0.4, -0.2) is 24.5 Å². The molecule has 120 valence electrons. The van der Waals surface area contributed by atoms with E-state index in [-0.39, 0.29) is 16.8 Å². The molecular formula is C17H18FN3O2. The molecule has 0 unspecified atom stereocenters. The smallest absolute Gasteiger partial charge is 0.326 e. The van der Waals surface area contributed by atoms with E-state index in [4.69, 9.17) is 0 Å². The molecule has 2 aliphatic heterocycles. The van der Waals surface area contributed by atoms with Gasteiger partial charge in [-0.15, -0.1) is 0 Å². The second kappa shape index (κ2) is 4.94. The molecule has 3 amide bonds. The van der Waals surface area contributed by atoms with Crippen LogP contribution in [0, 0.1) is 5.82 Å². The molecule has 0 saturated carbocycles. The maximum absolute atomic E-state index is 14.5. The molecule has 1 aromatic rings. The minimum Gasteiger partial charge on any atom is -0.365 e. The molecule has 6 heteroatoms. The summed E-state index contributed by atoms with van der Waals surface area (Å²) >= 11 is 0. The van der Waals surface area contributed by atoms with Gasteiger partial charge in [-0.3, -0.25) is 10.1 Å². The molecule has 23 heavy (non-hydrogen) atoms. The van der Waals surface area contributed by atoms with Gasteiger partial charge >= 0.3 is 6.03 Å². The Morgan fingerprint density at radius 1 is 1.22 bits per heavy atom. The molecule has 0 radical (unpaired) electrons. The molecule has 5 nitrogen and oxygen atoms in total. The zero-order valence-electron chi connectivity index (χ0n) is 13.5. The molecule has 0 aliphatic carbocycles. The number of carbonyl (C=O) groups is 2. The van der Waals surface area contributed by atoms with Gasteiger partial charge in [0.05, 0.1) is 5.54 Å². The van der Waals surface area contributed by atoms with Crippen LogP contribution < -0.4 is 15.5 Å². The van der Waals surface area contributed by atoms with Crippen molar-refractivity contribution in [2.75, 3.05) is 11.9 Å². The van der Waals surface area contributed by atoms with Crippen molar-refractivity contribution < 1.29 is 14.0 Å². The number of amides is 3. The molecule has 0 bridgehead atoms. The fraction of sp³-hybridized carbons (Fsp3) is 0.294. The second-order valence-corrected chi connectivity index (χ2v) is 6.40. The number of allylic oxidation sites excluding steroid dienone is 1. The van der Waals surface area contributed by atoms with Crippen LogP contribution in [0.15, 0.2) is 23.9 Å². The summed E-state index contributed by atoms with van der Waals surface area (Å²) in [6, 6.07) is 2.57. The van der Waals surface area contributed by atoms with Gasteiger partial charge in [0.25, 0.3) is 5.91 Å². The van der Waals surface area contributed by atoms with Crippen LogP contribution >= 0.6 is 0 Å². The summed E-state index contributed by atoms with van der Waals surface area (Å²) < 4.78 is 14.5. The highest BCUT2D eigenvalue weighted by Gasteiger charge is 2.30. The van der Waals surface area contributed by atoms with E-state index in [1.807, 2.05) is 18.9 Å². The number of fused-ring (bicyclic) bond motifs is 1. The number of halogens is 1. The molecule has 1 fully saturated rings. The number of hydrogen-bond donors (Lipinski definition) is 2. The van der Waals surface area contributed by atoms with E-state index in [0.29, 0.717) is 0 Å². The highest BCUT2D eigenvalue weighted by atomic mass is 19.1. The minimum atomic E-state index is -0.600. The minimum absolute atomic E-state index is 0.0416. The van der Waals surface area contributed by atoms with Gasteiger partial charge in [-0.25, -0.2) is 9.18 Å². The first-order valence-electron chi connectivity index (χ1n) is 7.30. The summed E-state index contributed by atoms with van der Waals surface area (Å²) in [6.45, 7) is 6.10. The predicted octanol–water partition coefficient (Wildman–Crippen LogP) is 2.64. The SMILES string of the molecule is CC1=CC(C)(C)N(C)c2cc(F)c(/C=C3\NC(=O)NC3=O)cc21. The Labute approximate surface area is 133 Å². The van der Waals surface area contributed by atoms with Gasteiger partial charge in [-0.2, -0.15) is 0 Å². The Kier molecular flexibility index (Phi) is 3.28. The lowest BCUT2D eigenvalue weighted by atomic mass is 9.88. The highest BCUT2D eigenvalue weighted by Crippen LogP contribution is 2.39. The van der Waals surface area contributed by atoms with Crippen molar-refractivity contribution in [3.63, 3.8) is 0 Å². The van der Waals surface area contributed by atoms with E-state index in [1.165, 1.54) is 12.1 Å². The highest BCUT2D eigenvalue weighted by molar-refractivity contribution is 6.14.